The third-order valence-corrected chi connectivity index (χ3v) is 4.31. The highest BCUT2D eigenvalue weighted by Crippen LogP contribution is 2.13. The lowest BCUT2D eigenvalue weighted by atomic mass is 10.2. The summed E-state index contributed by atoms with van der Waals surface area (Å²) in [6, 6.07) is 1.71. The van der Waals surface area contributed by atoms with Gasteiger partial charge in [-0.15, -0.1) is 0 Å². The van der Waals surface area contributed by atoms with E-state index in [1.807, 2.05) is 0 Å². The van der Waals surface area contributed by atoms with Crippen LogP contribution in [0.1, 0.15) is 34.1 Å². The van der Waals surface area contributed by atoms with Gasteiger partial charge in [-0.25, -0.2) is 9.78 Å². The lowest BCUT2D eigenvalue weighted by Gasteiger charge is -2.03. The molecular weight excluding hydrogens is 338 g/mol. The summed E-state index contributed by atoms with van der Waals surface area (Å²) in [6.45, 7) is 4.00. The number of hydrogen-bond donors (Lipinski definition) is 2. The third kappa shape index (κ3) is 3.07. The Labute approximate surface area is 148 Å². The first-order valence-electron chi connectivity index (χ1n) is 8.29. The van der Waals surface area contributed by atoms with Gasteiger partial charge in [0.1, 0.15) is 22.9 Å². The standard InChI is InChI=1S/C17H21N5O4/c1-9-8-11(10(2)26-9)15(23)18-7-5-6-12-19-13-14(20-12)21(3)17(25)22(4)16(13)24/h8H,5-7H2,1-4H3,(H,18,23)(H,19,20). The quantitative estimate of drug-likeness (QED) is 0.645. The molecule has 0 aliphatic carbocycles. The lowest BCUT2D eigenvalue weighted by molar-refractivity contribution is 0.0951. The molecule has 0 radical (unpaired) electrons. The molecule has 9 heteroatoms. The fraction of sp³-hybridized carbons (Fsp3) is 0.412. The van der Waals surface area contributed by atoms with E-state index in [2.05, 4.69) is 15.3 Å². The summed E-state index contributed by atoms with van der Waals surface area (Å²) < 4.78 is 7.73. The number of carbonyl (C=O) groups excluding carboxylic acids is 1. The zero-order chi connectivity index (χ0) is 19.0. The van der Waals surface area contributed by atoms with Crippen LogP contribution in [-0.4, -0.2) is 31.6 Å². The smallest absolute Gasteiger partial charge is 0.332 e. The Kier molecular flexibility index (Phi) is 4.54. The highest BCUT2D eigenvalue weighted by atomic mass is 16.3. The molecule has 2 N–H and O–H groups in total. The van der Waals surface area contributed by atoms with E-state index < -0.39 is 11.2 Å². The molecular formula is C17H21N5O4. The number of rotatable bonds is 5. The van der Waals surface area contributed by atoms with Crippen LogP contribution in [0.3, 0.4) is 0 Å². The number of aryl methyl sites for hydroxylation is 4. The van der Waals surface area contributed by atoms with E-state index in [4.69, 9.17) is 4.42 Å². The largest absolute Gasteiger partial charge is 0.466 e. The van der Waals surface area contributed by atoms with Crippen LogP contribution in [0.25, 0.3) is 11.2 Å². The van der Waals surface area contributed by atoms with Crippen molar-refractivity contribution in [2.75, 3.05) is 6.54 Å². The van der Waals surface area contributed by atoms with Crippen LogP contribution < -0.4 is 16.6 Å². The predicted molar refractivity (Wildman–Crippen MR) is 95.4 cm³/mol. The summed E-state index contributed by atoms with van der Waals surface area (Å²) >= 11 is 0. The monoisotopic (exact) mass is 359 g/mol. The van der Waals surface area contributed by atoms with Crippen molar-refractivity contribution in [1.29, 1.82) is 0 Å². The van der Waals surface area contributed by atoms with Crippen molar-refractivity contribution in [3.05, 3.63) is 49.8 Å². The van der Waals surface area contributed by atoms with Crippen molar-refractivity contribution >= 4 is 17.1 Å². The molecule has 0 unspecified atom stereocenters. The molecule has 138 valence electrons. The first-order valence-corrected chi connectivity index (χ1v) is 8.29. The van der Waals surface area contributed by atoms with Crippen molar-refractivity contribution < 1.29 is 9.21 Å². The van der Waals surface area contributed by atoms with E-state index in [9.17, 15) is 14.4 Å². The second-order valence-corrected chi connectivity index (χ2v) is 6.27. The Balaban J connectivity index is 1.66. The number of fused-ring (bicyclic) bond motifs is 1. The Bertz CT molecular complexity index is 1100. The predicted octanol–water partition coefficient (Wildman–Crippen LogP) is 0.533. The van der Waals surface area contributed by atoms with E-state index in [0.717, 1.165) is 4.57 Å². The zero-order valence-electron chi connectivity index (χ0n) is 15.2. The second-order valence-electron chi connectivity index (χ2n) is 6.27. The van der Waals surface area contributed by atoms with Gasteiger partial charge in [0.05, 0.1) is 5.56 Å². The fourth-order valence-electron chi connectivity index (χ4n) is 2.90. The number of nitrogens with zero attached hydrogens (tertiary/aromatic N) is 3. The molecule has 9 nitrogen and oxygen atoms in total. The number of H-pyrrole nitrogens is 1. The number of hydrogen-bond acceptors (Lipinski definition) is 5. The number of amides is 1. The molecule has 1 amide bonds. The second kappa shape index (κ2) is 6.66. The summed E-state index contributed by atoms with van der Waals surface area (Å²) in [7, 11) is 3.00. The van der Waals surface area contributed by atoms with Crippen LogP contribution in [0, 0.1) is 13.8 Å². The van der Waals surface area contributed by atoms with Gasteiger partial charge in [0.15, 0.2) is 5.65 Å². The lowest BCUT2D eigenvalue weighted by Crippen LogP contribution is -2.36. The molecule has 0 aromatic carbocycles. The fourth-order valence-corrected chi connectivity index (χ4v) is 2.90. The highest BCUT2D eigenvalue weighted by molar-refractivity contribution is 5.95. The molecule has 0 saturated carbocycles. The van der Waals surface area contributed by atoms with Crippen LogP contribution in [0.15, 0.2) is 20.1 Å². The molecule has 3 aromatic rings. The minimum Gasteiger partial charge on any atom is -0.466 e. The Morgan fingerprint density at radius 2 is 2.00 bits per heavy atom. The summed E-state index contributed by atoms with van der Waals surface area (Å²) in [5, 5.41) is 2.84. The van der Waals surface area contributed by atoms with Crippen molar-refractivity contribution in [2.45, 2.75) is 26.7 Å². The van der Waals surface area contributed by atoms with Crippen molar-refractivity contribution in [3.8, 4) is 0 Å². The molecule has 0 bridgehead atoms. The third-order valence-electron chi connectivity index (χ3n) is 4.31. The zero-order valence-corrected chi connectivity index (χ0v) is 15.2. The van der Waals surface area contributed by atoms with E-state index in [1.165, 1.54) is 11.6 Å². The van der Waals surface area contributed by atoms with E-state index in [1.54, 1.807) is 27.0 Å². The molecule has 0 atom stereocenters. The minimum atomic E-state index is -0.418. The van der Waals surface area contributed by atoms with Gasteiger partial charge in [0.25, 0.3) is 11.5 Å². The Hall–Kier alpha value is -3.10. The van der Waals surface area contributed by atoms with Crippen LogP contribution in [-0.2, 0) is 20.5 Å². The van der Waals surface area contributed by atoms with Gasteiger partial charge in [-0.1, -0.05) is 0 Å². The van der Waals surface area contributed by atoms with Crippen molar-refractivity contribution in [2.24, 2.45) is 14.1 Å². The maximum absolute atomic E-state index is 12.1. The molecule has 3 heterocycles. The van der Waals surface area contributed by atoms with Gasteiger partial charge >= 0.3 is 5.69 Å². The molecule has 0 aliphatic heterocycles. The highest BCUT2D eigenvalue weighted by Gasteiger charge is 2.14. The van der Waals surface area contributed by atoms with Crippen LogP contribution >= 0.6 is 0 Å². The molecule has 0 aliphatic rings. The maximum atomic E-state index is 12.1. The summed E-state index contributed by atoms with van der Waals surface area (Å²) in [6.07, 6.45) is 1.17. The molecule has 0 saturated heterocycles. The Morgan fingerprint density at radius 3 is 2.65 bits per heavy atom. The average Bonchev–Trinajstić information content (AvgIpc) is 3.18. The van der Waals surface area contributed by atoms with Crippen molar-refractivity contribution in [1.82, 2.24) is 24.4 Å². The average molecular weight is 359 g/mol. The maximum Gasteiger partial charge on any atom is 0.332 e. The van der Waals surface area contributed by atoms with E-state index >= 15 is 0 Å². The van der Waals surface area contributed by atoms with Gasteiger partial charge in [-0.3, -0.25) is 18.7 Å². The van der Waals surface area contributed by atoms with Gasteiger partial charge in [0, 0.05) is 27.1 Å². The summed E-state index contributed by atoms with van der Waals surface area (Å²) in [5.41, 5.74) is 0.351. The van der Waals surface area contributed by atoms with Crippen LogP contribution in [0.5, 0.6) is 0 Å². The summed E-state index contributed by atoms with van der Waals surface area (Å²) in [5.74, 6) is 1.71. The summed E-state index contributed by atoms with van der Waals surface area (Å²) in [4.78, 5) is 43.5. The topological polar surface area (TPSA) is 115 Å². The van der Waals surface area contributed by atoms with E-state index in [-0.39, 0.29) is 5.91 Å². The number of aromatic amines is 1. The molecule has 0 spiro atoms. The SMILES string of the molecule is Cc1cc(C(=O)NCCCc2nc3c([nH]2)c(=O)n(C)c(=O)n3C)c(C)o1. The van der Waals surface area contributed by atoms with Crippen LogP contribution in [0.2, 0.25) is 0 Å². The Morgan fingerprint density at radius 1 is 1.27 bits per heavy atom. The molecule has 26 heavy (non-hydrogen) atoms. The molecule has 3 rings (SSSR count). The van der Waals surface area contributed by atoms with Gasteiger partial charge < -0.3 is 14.7 Å². The molecule has 0 fully saturated rings. The number of furan rings is 1. The van der Waals surface area contributed by atoms with Crippen LogP contribution in [0.4, 0.5) is 0 Å². The van der Waals surface area contributed by atoms with Gasteiger partial charge in [-0.05, 0) is 26.3 Å². The van der Waals surface area contributed by atoms with Gasteiger partial charge in [0.2, 0.25) is 0 Å². The van der Waals surface area contributed by atoms with E-state index in [0.29, 0.717) is 53.5 Å². The number of carbonyl (C=O) groups is 1. The van der Waals surface area contributed by atoms with Gasteiger partial charge in [-0.2, -0.15) is 0 Å². The normalized spacial score (nSPS) is 11.2. The first-order chi connectivity index (χ1) is 12.3. The number of aromatic nitrogens is 4. The van der Waals surface area contributed by atoms with Crippen molar-refractivity contribution in [3.63, 3.8) is 0 Å². The number of nitrogens with one attached hydrogen (secondary N) is 2. The first kappa shape index (κ1) is 17.7. The molecule has 3 aromatic heterocycles. The minimum absolute atomic E-state index is 0.180. The number of imidazole rings is 1.